The quantitative estimate of drug-likeness (QED) is 0.387. The van der Waals surface area contributed by atoms with E-state index in [9.17, 15) is 9.18 Å². The first-order valence-electron chi connectivity index (χ1n) is 9.97. The third-order valence-corrected chi connectivity index (χ3v) is 4.65. The molecule has 0 bridgehead atoms. The molecule has 3 heterocycles. The molecule has 0 aliphatic heterocycles. The third-order valence-electron chi connectivity index (χ3n) is 4.65. The molecule has 32 heavy (non-hydrogen) atoms. The van der Waals surface area contributed by atoms with Crippen LogP contribution >= 0.6 is 12.6 Å². The second kappa shape index (κ2) is 10.8. The first-order chi connectivity index (χ1) is 15.5. The Labute approximate surface area is 190 Å². The van der Waals surface area contributed by atoms with Crippen molar-refractivity contribution >= 4 is 35.6 Å². The Hall–Kier alpha value is -3.40. The summed E-state index contributed by atoms with van der Waals surface area (Å²) in [6, 6.07) is 9.35. The average molecular weight is 457 g/mol. The molecule has 0 spiro atoms. The molecule has 1 aliphatic rings. The zero-order chi connectivity index (χ0) is 23.1. The Morgan fingerprint density at radius 3 is 2.59 bits per heavy atom. The Kier molecular flexibility index (Phi) is 7.82. The van der Waals surface area contributed by atoms with E-state index in [0.717, 1.165) is 29.7 Å². The molecular formula is C22H25FN6O2S. The summed E-state index contributed by atoms with van der Waals surface area (Å²) in [5.41, 5.74) is 4.44. The number of alkyl halides is 1. The first-order valence-corrected chi connectivity index (χ1v) is 10.9. The largest absolute Gasteiger partial charge is 0.388 e. The van der Waals surface area contributed by atoms with Crippen LogP contribution in [0.4, 0.5) is 15.8 Å². The van der Waals surface area contributed by atoms with Crippen LogP contribution in [-0.4, -0.2) is 44.9 Å². The van der Waals surface area contributed by atoms with E-state index in [2.05, 4.69) is 38.4 Å². The molecule has 10 heteroatoms. The summed E-state index contributed by atoms with van der Waals surface area (Å²) >= 11 is 3.53. The van der Waals surface area contributed by atoms with Crippen molar-refractivity contribution < 1.29 is 13.7 Å². The molecule has 0 atom stereocenters. The molecular weight excluding hydrogens is 431 g/mol. The van der Waals surface area contributed by atoms with E-state index in [-0.39, 0.29) is 5.91 Å². The maximum atomic E-state index is 12.8. The van der Waals surface area contributed by atoms with Crippen molar-refractivity contribution in [2.45, 2.75) is 25.9 Å². The molecule has 3 aromatic heterocycles. The Morgan fingerprint density at radius 1 is 1.22 bits per heavy atom. The smallest absolute Gasteiger partial charge is 0.274 e. The highest BCUT2D eigenvalue weighted by Crippen LogP contribution is 2.24. The predicted octanol–water partition coefficient (Wildman–Crippen LogP) is 4.65. The maximum absolute atomic E-state index is 12.8. The minimum atomic E-state index is -0.417. The van der Waals surface area contributed by atoms with Crippen LogP contribution in [-0.2, 0) is 0 Å². The number of nitrogens with one attached hydrogen (secondary N) is 2. The van der Waals surface area contributed by atoms with E-state index < -0.39 is 6.17 Å². The third kappa shape index (κ3) is 5.64. The number of carbonyl (C=O) groups is 1. The fraction of sp³-hybridized carbons (Fsp3) is 0.273. The van der Waals surface area contributed by atoms with Gasteiger partial charge < -0.3 is 15.2 Å². The molecule has 5 rings (SSSR count). The molecule has 0 saturated heterocycles. The van der Waals surface area contributed by atoms with Gasteiger partial charge in [-0.05, 0) is 43.7 Å². The van der Waals surface area contributed by atoms with Crippen LogP contribution in [0.1, 0.15) is 28.9 Å². The van der Waals surface area contributed by atoms with Crippen LogP contribution in [0, 0.1) is 6.92 Å². The van der Waals surface area contributed by atoms with Crippen molar-refractivity contribution in [2.24, 2.45) is 0 Å². The average Bonchev–Trinajstić information content (AvgIpc) is 3.27. The zero-order valence-corrected chi connectivity index (χ0v) is 18.9. The van der Waals surface area contributed by atoms with Gasteiger partial charge in [-0.3, -0.25) is 9.20 Å². The highest BCUT2D eigenvalue weighted by Gasteiger charge is 2.18. The molecule has 168 valence electrons. The second-order valence-corrected chi connectivity index (χ2v) is 6.95. The van der Waals surface area contributed by atoms with Gasteiger partial charge in [0.1, 0.15) is 17.5 Å². The number of hydrogen-bond donors (Lipinski definition) is 3. The van der Waals surface area contributed by atoms with Crippen molar-refractivity contribution in [3.63, 3.8) is 0 Å². The number of halogens is 1. The van der Waals surface area contributed by atoms with Gasteiger partial charge >= 0.3 is 0 Å². The summed E-state index contributed by atoms with van der Waals surface area (Å²) in [7, 11) is 1.84. The van der Waals surface area contributed by atoms with Crippen LogP contribution in [0.3, 0.4) is 0 Å². The topological polar surface area (TPSA) is 97.3 Å². The maximum Gasteiger partial charge on any atom is 0.274 e. The molecule has 4 aromatic rings. The normalized spacial score (nSPS) is 12.3. The number of fused-ring (bicyclic) bond motifs is 1. The number of imidazole rings is 1. The molecule has 1 fully saturated rings. The van der Waals surface area contributed by atoms with Crippen molar-refractivity contribution in [3.8, 4) is 11.4 Å². The molecule has 0 radical (unpaired) electrons. The highest BCUT2D eigenvalue weighted by molar-refractivity contribution is 7.79. The fourth-order valence-electron chi connectivity index (χ4n) is 2.75. The van der Waals surface area contributed by atoms with Gasteiger partial charge in [-0.1, -0.05) is 17.3 Å². The number of carbonyl (C=O) groups excluding carboxylic acids is 1. The lowest BCUT2D eigenvalue weighted by Crippen LogP contribution is -2.15. The van der Waals surface area contributed by atoms with Gasteiger partial charge in [0.15, 0.2) is 0 Å². The van der Waals surface area contributed by atoms with Crippen LogP contribution < -0.4 is 10.6 Å². The number of thiol groups is 1. The standard InChI is InChI=1S/C18H16N6O2.C3H5F.CH4S/c1-11-3-4-12(17-21-10-26-23-17)7-14(11)22-18(25)15-9-20-16-8-13(19-2)5-6-24(15)16;4-3-1-2-3;1-2/h3-10,19H,1-2H3,(H,22,25);3H,1-2H2;2H,1H3. The molecule has 1 aliphatic carbocycles. The number of aryl methyl sites for hydroxylation is 1. The zero-order valence-electron chi connectivity index (χ0n) is 18.0. The molecule has 1 aromatic carbocycles. The van der Waals surface area contributed by atoms with Crippen LogP contribution in [0.15, 0.2) is 53.6 Å². The number of pyridine rings is 1. The number of benzene rings is 1. The number of nitrogens with zero attached hydrogens (tertiary/aromatic N) is 4. The minimum Gasteiger partial charge on any atom is -0.388 e. The van der Waals surface area contributed by atoms with Crippen molar-refractivity contribution in [1.82, 2.24) is 19.5 Å². The van der Waals surface area contributed by atoms with Crippen molar-refractivity contribution in [1.29, 1.82) is 0 Å². The fourth-order valence-corrected chi connectivity index (χ4v) is 2.75. The van der Waals surface area contributed by atoms with E-state index in [1.165, 1.54) is 6.39 Å². The van der Waals surface area contributed by atoms with Gasteiger partial charge in [-0.25, -0.2) is 9.37 Å². The van der Waals surface area contributed by atoms with Gasteiger partial charge in [0.05, 0.1) is 6.20 Å². The summed E-state index contributed by atoms with van der Waals surface area (Å²) in [4.78, 5) is 21.1. The first kappa shape index (κ1) is 23.3. The van der Waals surface area contributed by atoms with E-state index in [4.69, 9.17) is 4.52 Å². The van der Waals surface area contributed by atoms with Crippen LogP contribution in [0.25, 0.3) is 17.0 Å². The van der Waals surface area contributed by atoms with Gasteiger partial charge in [0, 0.05) is 36.2 Å². The molecule has 1 amide bonds. The summed E-state index contributed by atoms with van der Waals surface area (Å²) in [6.07, 6.45) is 7.55. The Bertz CT molecular complexity index is 1170. The predicted molar refractivity (Wildman–Crippen MR) is 126 cm³/mol. The van der Waals surface area contributed by atoms with Gasteiger partial charge in [0.2, 0.25) is 12.2 Å². The van der Waals surface area contributed by atoms with Crippen molar-refractivity contribution in [2.75, 3.05) is 23.9 Å². The number of amides is 1. The van der Waals surface area contributed by atoms with E-state index in [1.54, 1.807) is 16.9 Å². The van der Waals surface area contributed by atoms with Gasteiger partial charge in [-0.2, -0.15) is 17.6 Å². The van der Waals surface area contributed by atoms with E-state index >= 15 is 0 Å². The van der Waals surface area contributed by atoms with Crippen LogP contribution in [0.2, 0.25) is 0 Å². The van der Waals surface area contributed by atoms with Gasteiger partial charge in [0.25, 0.3) is 5.91 Å². The molecule has 1 saturated carbocycles. The minimum absolute atomic E-state index is 0.247. The molecule has 2 N–H and O–H groups in total. The summed E-state index contributed by atoms with van der Waals surface area (Å²) < 4.78 is 17.6. The Balaban J connectivity index is 0.000000426. The Morgan fingerprint density at radius 2 is 1.97 bits per heavy atom. The lowest BCUT2D eigenvalue weighted by Gasteiger charge is -2.10. The lowest BCUT2D eigenvalue weighted by atomic mass is 10.1. The van der Waals surface area contributed by atoms with Crippen molar-refractivity contribution in [3.05, 3.63) is 60.4 Å². The summed E-state index contributed by atoms with van der Waals surface area (Å²) in [5.74, 6) is 0.220. The SMILES string of the molecule is CNc1ccn2c(C(=O)Nc3cc(-c4ncon4)ccc3C)cnc2c1.CS.FC1CC1. The molecule has 8 nitrogen and oxygen atoms in total. The molecule has 0 unspecified atom stereocenters. The van der Waals surface area contributed by atoms with Gasteiger partial charge in [-0.15, -0.1) is 0 Å². The summed E-state index contributed by atoms with van der Waals surface area (Å²) in [6.45, 7) is 1.92. The highest BCUT2D eigenvalue weighted by atomic mass is 32.1. The van der Waals surface area contributed by atoms with Crippen LogP contribution in [0.5, 0.6) is 0 Å². The monoisotopic (exact) mass is 456 g/mol. The number of anilines is 2. The summed E-state index contributed by atoms with van der Waals surface area (Å²) in [5, 5.41) is 9.81. The number of hydrogen-bond acceptors (Lipinski definition) is 7. The second-order valence-electron chi connectivity index (χ2n) is 6.95. The lowest BCUT2D eigenvalue weighted by molar-refractivity contribution is 0.102. The van der Waals surface area contributed by atoms with E-state index in [1.807, 2.05) is 50.5 Å². The number of aromatic nitrogens is 4. The van der Waals surface area contributed by atoms with E-state index in [0.29, 0.717) is 22.9 Å². The number of rotatable bonds is 4.